The van der Waals surface area contributed by atoms with Gasteiger partial charge in [0.15, 0.2) is 5.82 Å². The average Bonchev–Trinajstić information content (AvgIpc) is 2.73. The number of hydrogen-bond donors (Lipinski definition) is 1. The Morgan fingerprint density at radius 3 is 2.63 bits per heavy atom. The van der Waals surface area contributed by atoms with Gasteiger partial charge in [-0.25, -0.2) is 0 Å². The van der Waals surface area contributed by atoms with E-state index in [1.807, 2.05) is 36.5 Å². The van der Waals surface area contributed by atoms with Crippen LogP contribution in [-0.4, -0.2) is 46.3 Å². The van der Waals surface area contributed by atoms with Gasteiger partial charge in [0.1, 0.15) is 0 Å². The van der Waals surface area contributed by atoms with E-state index in [1.165, 1.54) is 0 Å². The van der Waals surface area contributed by atoms with Gasteiger partial charge >= 0.3 is 0 Å². The molecule has 1 aliphatic heterocycles. The van der Waals surface area contributed by atoms with Gasteiger partial charge in [-0.1, -0.05) is 23.7 Å². The van der Waals surface area contributed by atoms with Crippen molar-refractivity contribution in [2.75, 3.05) is 41.3 Å². The molecule has 0 aliphatic carbocycles. The lowest BCUT2D eigenvalue weighted by atomic mass is 10.2. The molecule has 2 aromatic heterocycles. The molecule has 0 unspecified atom stereocenters. The number of halogens is 1. The summed E-state index contributed by atoms with van der Waals surface area (Å²) in [4.78, 5) is 13.2. The predicted molar refractivity (Wildman–Crippen MR) is 107 cm³/mol. The molecular formula is C19H20ClN7. The molecule has 7 nitrogen and oxygen atoms in total. The van der Waals surface area contributed by atoms with Crippen molar-refractivity contribution >= 4 is 29.1 Å². The van der Waals surface area contributed by atoms with Gasteiger partial charge in [-0.2, -0.15) is 10.1 Å². The summed E-state index contributed by atoms with van der Waals surface area (Å²) < 4.78 is 0. The summed E-state index contributed by atoms with van der Waals surface area (Å²) in [5.41, 5.74) is 2.24. The van der Waals surface area contributed by atoms with E-state index in [0.717, 1.165) is 42.5 Å². The smallest absolute Gasteiger partial charge is 0.247 e. The van der Waals surface area contributed by atoms with Crippen molar-refractivity contribution in [2.45, 2.75) is 6.54 Å². The molecule has 8 heteroatoms. The first kappa shape index (κ1) is 17.5. The summed E-state index contributed by atoms with van der Waals surface area (Å²) in [6, 6.07) is 11.9. The third kappa shape index (κ3) is 4.43. The summed E-state index contributed by atoms with van der Waals surface area (Å²) in [6.07, 6.45) is 5.23. The molecule has 1 aliphatic rings. The van der Waals surface area contributed by atoms with Crippen LogP contribution in [0.1, 0.15) is 5.56 Å². The van der Waals surface area contributed by atoms with Crippen LogP contribution in [0.4, 0.5) is 17.5 Å². The lowest BCUT2D eigenvalue weighted by Crippen LogP contribution is -2.47. The van der Waals surface area contributed by atoms with Gasteiger partial charge in [-0.15, -0.1) is 5.10 Å². The maximum Gasteiger partial charge on any atom is 0.247 e. The highest BCUT2D eigenvalue weighted by Gasteiger charge is 2.20. The SMILES string of the molecule is Clc1cccc(N2CCN(c3nncc(NCc4cccnc4)n3)CC2)c1. The van der Waals surface area contributed by atoms with Gasteiger partial charge in [0.2, 0.25) is 5.95 Å². The average molecular weight is 382 g/mol. The summed E-state index contributed by atoms with van der Waals surface area (Å²) >= 11 is 6.10. The molecule has 4 rings (SSSR count). The number of hydrogen-bond acceptors (Lipinski definition) is 7. The number of anilines is 3. The number of piperazine rings is 1. The maximum absolute atomic E-state index is 6.10. The van der Waals surface area contributed by atoms with E-state index in [1.54, 1.807) is 12.4 Å². The van der Waals surface area contributed by atoms with Crippen molar-refractivity contribution in [1.29, 1.82) is 0 Å². The van der Waals surface area contributed by atoms with Gasteiger partial charge in [0, 0.05) is 55.8 Å². The van der Waals surface area contributed by atoms with Crippen LogP contribution in [0.5, 0.6) is 0 Å². The van der Waals surface area contributed by atoms with Gasteiger partial charge in [0.05, 0.1) is 6.20 Å². The highest BCUT2D eigenvalue weighted by atomic mass is 35.5. The molecule has 0 spiro atoms. The molecule has 138 valence electrons. The zero-order chi connectivity index (χ0) is 18.5. The van der Waals surface area contributed by atoms with E-state index in [-0.39, 0.29) is 0 Å². The molecule has 0 atom stereocenters. The summed E-state index contributed by atoms with van der Waals surface area (Å²) in [5, 5.41) is 12.3. The number of rotatable bonds is 5. The van der Waals surface area contributed by atoms with E-state index in [0.29, 0.717) is 18.3 Å². The number of benzene rings is 1. The second kappa shape index (κ2) is 8.18. The molecular weight excluding hydrogens is 362 g/mol. The largest absolute Gasteiger partial charge is 0.368 e. The Bertz CT molecular complexity index is 882. The third-order valence-electron chi connectivity index (χ3n) is 4.48. The summed E-state index contributed by atoms with van der Waals surface area (Å²) in [5.74, 6) is 1.36. The molecule has 0 amide bonds. The highest BCUT2D eigenvalue weighted by Crippen LogP contribution is 2.22. The topological polar surface area (TPSA) is 70.1 Å². The van der Waals surface area contributed by atoms with E-state index in [4.69, 9.17) is 11.6 Å². The Balaban J connectivity index is 1.37. The molecule has 27 heavy (non-hydrogen) atoms. The van der Waals surface area contributed by atoms with Crippen molar-refractivity contribution in [2.24, 2.45) is 0 Å². The van der Waals surface area contributed by atoms with E-state index >= 15 is 0 Å². The predicted octanol–water partition coefficient (Wildman–Crippen LogP) is 2.86. The first-order valence-electron chi connectivity index (χ1n) is 8.86. The Kier molecular flexibility index (Phi) is 5.29. The lowest BCUT2D eigenvalue weighted by molar-refractivity contribution is 0.635. The second-order valence-corrected chi connectivity index (χ2v) is 6.75. The Morgan fingerprint density at radius 2 is 1.85 bits per heavy atom. The van der Waals surface area contributed by atoms with Crippen molar-refractivity contribution in [3.8, 4) is 0 Å². The molecule has 1 saturated heterocycles. The van der Waals surface area contributed by atoms with E-state index < -0.39 is 0 Å². The summed E-state index contributed by atoms with van der Waals surface area (Å²) in [7, 11) is 0. The van der Waals surface area contributed by atoms with Crippen LogP contribution in [0.15, 0.2) is 55.0 Å². The first-order chi connectivity index (χ1) is 13.3. The van der Waals surface area contributed by atoms with Crippen molar-refractivity contribution in [3.05, 3.63) is 65.6 Å². The number of aromatic nitrogens is 4. The quantitative estimate of drug-likeness (QED) is 0.728. The van der Waals surface area contributed by atoms with Gasteiger partial charge < -0.3 is 15.1 Å². The van der Waals surface area contributed by atoms with Crippen LogP contribution in [0, 0.1) is 0 Å². The molecule has 1 fully saturated rings. The van der Waals surface area contributed by atoms with Crippen LogP contribution in [-0.2, 0) is 6.54 Å². The fraction of sp³-hybridized carbons (Fsp3) is 0.263. The lowest BCUT2D eigenvalue weighted by Gasteiger charge is -2.36. The van der Waals surface area contributed by atoms with E-state index in [9.17, 15) is 0 Å². The van der Waals surface area contributed by atoms with Crippen molar-refractivity contribution in [3.63, 3.8) is 0 Å². The normalized spacial score (nSPS) is 14.3. The van der Waals surface area contributed by atoms with Crippen molar-refractivity contribution in [1.82, 2.24) is 20.2 Å². The molecule has 0 radical (unpaired) electrons. The number of nitrogens with one attached hydrogen (secondary N) is 1. The second-order valence-electron chi connectivity index (χ2n) is 6.31. The highest BCUT2D eigenvalue weighted by molar-refractivity contribution is 6.30. The number of nitrogens with zero attached hydrogens (tertiary/aromatic N) is 6. The molecule has 0 bridgehead atoms. The minimum atomic E-state index is 0.647. The fourth-order valence-electron chi connectivity index (χ4n) is 3.05. The van der Waals surface area contributed by atoms with E-state index in [2.05, 4.69) is 41.3 Å². The van der Waals surface area contributed by atoms with Gasteiger partial charge in [0.25, 0.3) is 0 Å². The zero-order valence-electron chi connectivity index (χ0n) is 14.8. The molecule has 3 heterocycles. The minimum Gasteiger partial charge on any atom is -0.368 e. The van der Waals surface area contributed by atoms with Crippen LogP contribution in [0.2, 0.25) is 5.02 Å². The first-order valence-corrected chi connectivity index (χ1v) is 9.24. The minimum absolute atomic E-state index is 0.647. The van der Waals surface area contributed by atoms with Crippen LogP contribution >= 0.6 is 11.6 Å². The van der Waals surface area contributed by atoms with Crippen LogP contribution < -0.4 is 15.1 Å². The molecule has 0 saturated carbocycles. The zero-order valence-corrected chi connectivity index (χ0v) is 15.5. The van der Waals surface area contributed by atoms with Crippen LogP contribution in [0.25, 0.3) is 0 Å². The fourth-order valence-corrected chi connectivity index (χ4v) is 3.23. The van der Waals surface area contributed by atoms with Crippen LogP contribution in [0.3, 0.4) is 0 Å². The molecule has 3 aromatic rings. The number of pyridine rings is 1. The molecule has 1 aromatic carbocycles. The van der Waals surface area contributed by atoms with Gasteiger partial charge in [-0.3, -0.25) is 4.98 Å². The van der Waals surface area contributed by atoms with Crippen molar-refractivity contribution < 1.29 is 0 Å². The monoisotopic (exact) mass is 381 g/mol. The Morgan fingerprint density at radius 1 is 1.00 bits per heavy atom. The third-order valence-corrected chi connectivity index (χ3v) is 4.72. The Hall–Kier alpha value is -2.93. The molecule has 1 N–H and O–H groups in total. The Labute approximate surface area is 163 Å². The summed E-state index contributed by atoms with van der Waals surface area (Å²) in [6.45, 7) is 4.09. The van der Waals surface area contributed by atoms with Gasteiger partial charge in [-0.05, 0) is 29.8 Å². The standard InChI is InChI=1S/C19H20ClN7/c20-16-4-1-5-17(11-16)26-7-9-27(10-8-26)19-24-18(14-23-25-19)22-13-15-3-2-6-21-12-15/h1-6,11-12,14H,7-10,13H2,(H,22,24,25). The maximum atomic E-state index is 6.10.